The monoisotopic (exact) mass is 1090 g/mol. The van der Waals surface area contributed by atoms with Gasteiger partial charge in [0.1, 0.15) is 13.2 Å². The number of alkyl carbamates (subject to hydrolysis) is 2. The Bertz CT molecular complexity index is 1940. The predicted octanol–water partition coefficient (Wildman–Crippen LogP) is 0.401. The van der Waals surface area contributed by atoms with Crippen molar-refractivity contribution >= 4 is 76.4 Å². The summed E-state index contributed by atoms with van der Waals surface area (Å²) in [6.45, 7) is 11.8. The van der Waals surface area contributed by atoms with Crippen LogP contribution in [0.15, 0.2) is 33.5 Å². The zero-order chi connectivity index (χ0) is 56.6. The van der Waals surface area contributed by atoms with Crippen LogP contribution < -0.4 is 42.4 Å². The second-order valence-corrected chi connectivity index (χ2v) is 19.3. The lowest BCUT2D eigenvalue weighted by Crippen LogP contribution is -2.65. The third-order valence-corrected chi connectivity index (χ3v) is 12.1. The van der Waals surface area contributed by atoms with Gasteiger partial charge < -0.3 is 100 Å². The van der Waals surface area contributed by atoms with Crippen LogP contribution in [-0.4, -0.2) is 184 Å². The maximum Gasteiger partial charge on any atom is 0.508 e. The molecule has 4 heterocycles. The summed E-state index contributed by atoms with van der Waals surface area (Å²) in [5.74, 6) is -0.0930. The maximum atomic E-state index is 13.2. The molecule has 4 aliphatic rings. The Balaban J connectivity index is 1.16. The Morgan fingerprint density at radius 2 is 0.909 bits per heavy atom. The van der Waals surface area contributed by atoms with Crippen molar-refractivity contribution < 1.29 is 86.8 Å². The van der Waals surface area contributed by atoms with E-state index in [0.717, 1.165) is 57.8 Å². The average Bonchev–Trinajstić information content (AvgIpc) is 3.97. The van der Waals surface area contributed by atoms with Gasteiger partial charge in [-0.3, -0.25) is 19.4 Å². The molecule has 4 aliphatic heterocycles. The number of carbonyl (C=O) groups excluding carboxylic acids is 6. The number of cyclic esters (lactones) is 4. The molecule has 28 nitrogen and oxygen atoms in total. The fourth-order valence-electron chi connectivity index (χ4n) is 8.98. The maximum absolute atomic E-state index is 13.2. The van der Waals surface area contributed by atoms with E-state index < -0.39 is 125 Å². The first-order chi connectivity index (χ1) is 36.6. The highest BCUT2D eigenvalue weighted by molar-refractivity contribution is 6.53. The molecule has 77 heavy (non-hydrogen) atoms. The van der Waals surface area contributed by atoms with Gasteiger partial charge in [-0.15, -0.1) is 0 Å². The molecule has 0 aromatic heterocycles. The number of hydrogen-bond donors (Lipinski definition) is 12. The van der Waals surface area contributed by atoms with E-state index in [2.05, 4.69) is 52.2 Å². The van der Waals surface area contributed by atoms with Crippen molar-refractivity contribution in [3.05, 3.63) is 23.7 Å². The molecule has 32 heteroatoms. The molecule has 4 rings (SSSR count). The molecule has 0 radical (unpaired) electrons. The zero-order valence-corrected chi connectivity index (χ0v) is 45.2. The lowest BCUT2D eigenvalue weighted by atomic mass is 9.87. The van der Waals surface area contributed by atoms with Crippen LogP contribution in [0.25, 0.3) is 0 Å². The van der Waals surface area contributed by atoms with E-state index in [9.17, 15) is 48.9 Å². The molecule has 2 fully saturated rings. The minimum absolute atomic E-state index is 0.0177. The molecular formula is C45H78B4N10O18. The Labute approximate surface area is 450 Å². The van der Waals surface area contributed by atoms with E-state index in [-0.39, 0.29) is 25.1 Å². The van der Waals surface area contributed by atoms with Crippen LogP contribution in [0.1, 0.15) is 98.3 Å². The van der Waals surface area contributed by atoms with Crippen molar-refractivity contribution in [2.24, 2.45) is 9.81 Å². The van der Waals surface area contributed by atoms with Gasteiger partial charge in [-0.25, -0.2) is 19.2 Å². The highest BCUT2D eigenvalue weighted by Gasteiger charge is 2.50. The Morgan fingerprint density at radius 1 is 0.571 bits per heavy atom. The number of carbonyl (C=O) groups is 6. The molecule has 0 unspecified atom stereocenters. The van der Waals surface area contributed by atoms with Crippen LogP contribution in [0.3, 0.4) is 0 Å². The molecule has 0 aliphatic carbocycles. The topological polar surface area (TPSA) is 378 Å². The number of allylic oxidation sites excluding steroid dienone is 2. The second-order valence-electron chi connectivity index (χ2n) is 19.3. The fourth-order valence-corrected chi connectivity index (χ4v) is 8.98. The molecule has 12 N–H and O–H groups in total. The molecule has 0 saturated carbocycles. The van der Waals surface area contributed by atoms with Gasteiger partial charge >= 0.3 is 52.7 Å². The third kappa shape index (κ3) is 23.1. The standard InChI is InChI=1S/C45H78B4N10O18/c1-26-22-30(54-40(56-46(5)66)57-47(6)67)34(52-28(3)60)38(72-26)36(32-24-70-44(64)74-32)76-42(62)50-20-18-16-14-12-10-9-11-13-15-17-19-21-51-43(63)77-37(33-25-71-45(65)75-33)39-35(53-29(4)61)31(23-27(2)73-39)55-41(58-48(7)68)59-49(8)69/h22-23,30-39,66-69H,9-21,24-25H2,1-8H3,(H,50,62)(H,51,63)(H,52,60)(H,53,61)(H2,54,56,57)(H2,55,58,59)/t30-,31-,32+,33+,34+,35+,36+,37+,38+,39+/m0/s1. The number of guanidine groups is 2. The fraction of sp³-hybridized carbons (Fsp3) is 0.733. The second kappa shape index (κ2) is 32.5. The average molecular weight is 1090 g/mol. The number of nitrogens with zero attached hydrogens (tertiary/aromatic N) is 2. The van der Waals surface area contributed by atoms with E-state index in [0.29, 0.717) is 37.4 Å². The van der Waals surface area contributed by atoms with Crippen molar-refractivity contribution in [2.45, 2.75) is 186 Å². The van der Waals surface area contributed by atoms with Gasteiger partial charge in [0.15, 0.2) is 48.5 Å². The number of ether oxygens (including phenoxy) is 8. The van der Waals surface area contributed by atoms with E-state index in [1.807, 2.05) is 0 Å². The first-order valence-electron chi connectivity index (χ1n) is 26.3. The smallest absolute Gasteiger partial charge is 0.489 e. The van der Waals surface area contributed by atoms with Gasteiger partial charge in [-0.05, 0) is 66.1 Å². The Kier molecular flexibility index (Phi) is 26.7. The summed E-state index contributed by atoms with van der Waals surface area (Å²) < 4.78 is 44.7. The third-order valence-electron chi connectivity index (χ3n) is 12.1. The van der Waals surface area contributed by atoms with Crippen LogP contribution >= 0.6 is 0 Å². The highest BCUT2D eigenvalue weighted by atomic mass is 16.8. The molecule has 10 atom stereocenters. The summed E-state index contributed by atoms with van der Waals surface area (Å²) >= 11 is 0. The first-order valence-corrected chi connectivity index (χ1v) is 26.3. The normalized spacial score (nSPS) is 23.7. The van der Waals surface area contributed by atoms with E-state index in [1.54, 1.807) is 26.0 Å². The SMILES string of the molecule is CB(O)/N=C(/NB(C)O)N[C@H]1C=C(C)O[C@@H]([C@H](OC(=O)NCCCCCCCCCCCCCNC(=O)O[C@@H]([C@@H]2OC(C)=C[C@H](N/C(=N\B(C)O)NB(C)O)[C@H]2NC(C)=O)[C@H]2COC(=O)O2)[C@H]2COC(=O)O2)[C@@H]1NC(C)=O. The number of unbranched alkanes of at least 4 members (excludes halogenated alkanes) is 10. The summed E-state index contributed by atoms with van der Waals surface area (Å²) in [6, 6.07) is -3.41. The largest absolute Gasteiger partial charge is 0.508 e. The molecule has 0 aromatic rings. The van der Waals surface area contributed by atoms with Crippen molar-refractivity contribution in [2.75, 3.05) is 26.3 Å². The number of hydrogen-bond acceptors (Lipinski definition) is 20. The summed E-state index contributed by atoms with van der Waals surface area (Å²) in [6.07, 6.45) is 3.19. The van der Waals surface area contributed by atoms with E-state index >= 15 is 0 Å². The number of nitrogens with one attached hydrogen (secondary N) is 8. The van der Waals surface area contributed by atoms with E-state index in [1.165, 1.54) is 41.1 Å². The van der Waals surface area contributed by atoms with Gasteiger partial charge in [0, 0.05) is 26.9 Å². The molecular weight excluding hydrogens is 1010 g/mol. The first kappa shape index (κ1) is 63.3. The van der Waals surface area contributed by atoms with Gasteiger partial charge in [0.05, 0.1) is 35.7 Å². The zero-order valence-electron chi connectivity index (χ0n) is 45.2. The van der Waals surface area contributed by atoms with Gasteiger partial charge in [-0.1, -0.05) is 57.8 Å². The van der Waals surface area contributed by atoms with Gasteiger partial charge in [0.25, 0.3) is 0 Å². The molecule has 0 spiro atoms. The van der Waals surface area contributed by atoms with Gasteiger partial charge in [0.2, 0.25) is 11.8 Å². The number of amides is 4. The minimum atomic E-state index is -1.24. The summed E-state index contributed by atoms with van der Waals surface area (Å²) in [7, 11) is -4.41. The molecule has 0 aromatic carbocycles. The summed E-state index contributed by atoms with van der Waals surface area (Å²) in [4.78, 5) is 83.6. The Hall–Kier alpha value is -6.26. The van der Waals surface area contributed by atoms with Crippen LogP contribution in [-0.2, 0) is 47.5 Å². The molecule has 4 amide bonds. The summed E-state index contributed by atoms with van der Waals surface area (Å²) in [5.41, 5.74) is 0. The molecule has 428 valence electrons. The quantitative estimate of drug-likeness (QED) is 0.0126. The van der Waals surface area contributed by atoms with Gasteiger partial charge in [-0.2, -0.15) is 0 Å². The van der Waals surface area contributed by atoms with Crippen LogP contribution in [0.4, 0.5) is 19.2 Å². The lowest BCUT2D eigenvalue weighted by molar-refractivity contribution is -0.125. The number of rotatable bonds is 28. The van der Waals surface area contributed by atoms with Crippen LogP contribution in [0, 0.1) is 0 Å². The molecule has 0 bridgehead atoms. The van der Waals surface area contributed by atoms with E-state index in [4.69, 9.17) is 37.9 Å². The van der Waals surface area contributed by atoms with Crippen LogP contribution in [0.5, 0.6) is 0 Å². The van der Waals surface area contributed by atoms with Crippen molar-refractivity contribution in [3.63, 3.8) is 0 Å². The highest BCUT2D eigenvalue weighted by Crippen LogP contribution is 2.29. The van der Waals surface area contributed by atoms with Crippen molar-refractivity contribution in [1.82, 2.24) is 42.4 Å². The minimum Gasteiger partial charge on any atom is -0.489 e. The predicted molar refractivity (Wildman–Crippen MR) is 283 cm³/mol. The lowest BCUT2D eigenvalue weighted by Gasteiger charge is -2.41. The van der Waals surface area contributed by atoms with Crippen molar-refractivity contribution in [1.29, 1.82) is 0 Å². The molecule has 2 saturated heterocycles. The van der Waals surface area contributed by atoms with Crippen molar-refractivity contribution in [3.8, 4) is 0 Å². The van der Waals surface area contributed by atoms with Crippen LogP contribution in [0.2, 0.25) is 27.3 Å². The Morgan fingerprint density at radius 3 is 1.19 bits per heavy atom. The summed E-state index contributed by atoms with van der Waals surface area (Å²) in [5, 5.41) is 62.5.